The molecule has 0 spiro atoms. The van der Waals surface area contributed by atoms with Gasteiger partial charge in [-0.3, -0.25) is 4.79 Å². The third kappa shape index (κ3) is 6.36. The minimum absolute atomic E-state index is 0.102. The summed E-state index contributed by atoms with van der Waals surface area (Å²) in [5.74, 6) is -0.600. The zero-order valence-corrected chi connectivity index (χ0v) is 16.2. The number of rotatable bonds is 7. The summed E-state index contributed by atoms with van der Waals surface area (Å²) in [6, 6.07) is 12.9. The molecule has 2 aromatic rings. The van der Waals surface area contributed by atoms with Crippen LogP contribution in [0.2, 0.25) is 10.0 Å². The first-order valence-electron chi connectivity index (χ1n) is 8.32. The molecule has 0 unspecified atom stereocenters. The number of esters is 1. The first-order chi connectivity index (χ1) is 12.3. The summed E-state index contributed by atoms with van der Waals surface area (Å²) < 4.78 is 5.37. The van der Waals surface area contributed by atoms with E-state index in [0.717, 1.165) is 5.56 Å². The van der Waals surface area contributed by atoms with Crippen molar-refractivity contribution >= 4 is 35.1 Å². The van der Waals surface area contributed by atoms with Crippen molar-refractivity contribution in [3.8, 4) is 0 Å². The molecule has 0 saturated heterocycles. The lowest BCUT2D eigenvalue weighted by atomic mass is 10.0. The molecule has 1 N–H and O–H groups in total. The standard InChI is InChI=1S/C20H21Cl2NO3/c1-13(2)10-18(23-19(24)15-6-8-16(21)9-7-15)20(25)26-12-14-4-3-5-17(22)11-14/h3-9,11,13,18H,10,12H2,1-2H3,(H,23,24)/t18-/m1/s1. The minimum atomic E-state index is -0.725. The van der Waals surface area contributed by atoms with Gasteiger partial charge in [-0.2, -0.15) is 0 Å². The average Bonchev–Trinajstić information content (AvgIpc) is 2.59. The topological polar surface area (TPSA) is 55.4 Å². The Bertz CT molecular complexity index is 760. The van der Waals surface area contributed by atoms with Crippen molar-refractivity contribution in [3.05, 3.63) is 69.7 Å². The van der Waals surface area contributed by atoms with Gasteiger partial charge in [0.1, 0.15) is 12.6 Å². The van der Waals surface area contributed by atoms with Gasteiger partial charge in [0.2, 0.25) is 0 Å². The molecule has 138 valence electrons. The maximum Gasteiger partial charge on any atom is 0.328 e. The van der Waals surface area contributed by atoms with Crippen LogP contribution in [0.3, 0.4) is 0 Å². The maximum atomic E-state index is 12.5. The lowest BCUT2D eigenvalue weighted by Crippen LogP contribution is -2.42. The quantitative estimate of drug-likeness (QED) is 0.681. The smallest absolute Gasteiger partial charge is 0.328 e. The van der Waals surface area contributed by atoms with E-state index in [1.54, 1.807) is 42.5 Å². The highest BCUT2D eigenvalue weighted by Crippen LogP contribution is 2.14. The van der Waals surface area contributed by atoms with E-state index in [4.69, 9.17) is 27.9 Å². The van der Waals surface area contributed by atoms with Gasteiger partial charge in [0.15, 0.2) is 0 Å². The van der Waals surface area contributed by atoms with Crippen LogP contribution in [0.25, 0.3) is 0 Å². The second kappa shape index (κ2) is 9.60. The molecule has 0 bridgehead atoms. The Morgan fingerprint density at radius 2 is 1.73 bits per heavy atom. The molecule has 0 aliphatic carbocycles. The zero-order chi connectivity index (χ0) is 19.1. The Hall–Kier alpha value is -2.04. The highest BCUT2D eigenvalue weighted by molar-refractivity contribution is 6.30. The fourth-order valence-corrected chi connectivity index (χ4v) is 2.75. The summed E-state index contributed by atoms with van der Waals surface area (Å²) >= 11 is 11.8. The van der Waals surface area contributed by atoms with Crippen LogP contribution in [0.5, 0.6) is 0 Å². The summed E-state index contributed by atoms with van der Waals surface area (Å²) in [6.07, 6.45) is 0.480. The Morgan fingerprint density at radius 3 is 2.35 bits per heavy atom. The SMILES string of the molecule is CC(C)C[C@@H](NC(=O)c1ccc(Cl)cc1)C(=O)OCc1cccc(Cl)c1. The van der Waals surface area contributed by atoms with Gasteiger partial charge in [0.25, 0.3) is 5.91 Å². The van der Waals surface area contributed by atoms with E-state index >= 15 is 0 Å². The van der Waals surface area contributed by atoms with Gasteiger partial charge in [-0.1, -0.05) is 49.2 Å². The summed E-state index contributed by atoms with van der Waals surface area (Å²) in [7, 11) is 0. The highest BCUT2D eigenvalue weighted by atomic mass is 35.5. The Morgan fingerprint density at radius 1 is 1.04 bits per heavy atom. The number of benzene rings is 2. The van der Waals surface area contributed by atoms with E-state index in [9.17, 15) is 9.59 Å². The molecule has 0 aliphatic rings. The van der Waals surface area contributed by atoms with Crippen LogP contribution in [0, 0.1) is 5.92 Å². The summed E-state index contributed by atoms with van der Waals surface area (Å²) in [5, 5.41) is 3.87. The van der Waals surface area contributed by atoms with E-state index in [-0.39, 0.29) is 18.4 Å². The van der Waals surface area contributed by atoms with Gasteiger partial charge in [0, 0.05) is 15.6 Å². The molecule has 4 nitrogen and oxygen atoms in total. The second-order valence-electron chi connectivity index (χ2n) is 6.40. The molecule has 0 aliphatic heterocycles. The van der Waals surface area contributed by atoms with Crippen molar-refractivity contribution in [1.29, 1.82) is 0 Å². The Labute approximate surface area is 163 Å². The normalized spacial score (nSPS) is 11.9. The second-order valence-corrected chi connectivity index (χ2v) is 7.27. The number of halogens is 2. The number of hydrogen-bond acceptors (Lipinski definition) is 3. The van der Waals surface area contributed by atoms with Gasteiger partial charge in [-0.15, -0.1) is 0 Å². The van der Waals surface area contributed by atoms with Gasteiger partial charge < -0.3 is 10.1 Å². The molecular formula is C20H21Cl2NO3. The number of carbonyl (C=O) groups is 2. The fourth-order valence-electron chi connectivity index (χ4n) is 2.41. The number of ether oxygens (including phenoxy) is 1. The van der Waals surface area contributed by atoms with E-state index in [2.05, 4.69) is 5.32 Å². The molecule has 26 heavy (non-hydrogen) atoms. The van der Waals surface area contributed by atoms with Crippen LogP contribution < -0.4 is 5.32 Å². The van der Waals surface area contributed by atoms with Gasteiger partial charge in [-0.05, 0) is 54.3 Å². The lowest BCUT2D eigenvalue weighted by molar-refractivity contribution is -0.147. The van der Waals surface area contributed by atoms with Gasteiger partial charge >= 0.3 is 5.97 Å². The molecule has 6 heteroatoms. The van der Waals surface area contributed by atoms with Gasteiger partial charge in [0.05, 0.1) is 0 Å². The molecule has 1 atom stereocenters. The summed E-state index contributed by atoms with van der Waals surface area (Å²) in [5.41, 5.74) is 1.23. The van der Waals surface area contributed by atoms with Crippen molar-refractivity contribution in [2.75, 3.05) is 0 Å². The molecule has 0 aromatic heterocycles. The highest BCUT2D eigenvalue weighted by Gasteiger charge is 2.24. The number of carbonyl (C=O) groups excluding carboxylic acids is 2. The predicted molar refractivity (Wildman–Crippen MR) is 103 cm³/mol. The number of hydrogen-bond donors (Lipinski definition) is 1. The first-order valence-corrected chi connectivity index (χ1v) is 9.08. The first kappa shape index (κ1) is 20.3. The predicted octanol–water partition coefficient (Wildman–Crippen LogP) is 4.88. The fraction of sp³-hybridized carbons (Fsp3) is 0.300. The van der Waals surface area contributed by atoms with Crippen LogP contribution in [-0.2, 0) is 16.1 Å². The molecule has 0 fully saturated rings. The third-order valence-electron chi connectivity index (χ3n) is 3.67. The van der Waals surface area contributed by atoms with Crippen molar-refractivity contribution in [2.45, 2.75) is 32.9 Å². The molecule has 2 aromatic carbocycles. The van der Waals surface area contributed by atoms with E-state index in [0.29, 0.717) is 22.0 Å². The molecule has 1 amide bonds. The number of amides is 1. The number of nitrogens with one attached hydrogen (secondary N) is 1. The molecule has 0 radical (unpaired) electrons. The van der Waals surface area contributed by atoms with Crippen LogP contribution in [0.15, 0.2) is 48.5 Å². The molecule has 0 heterocycles. The van der Waals surface area contributed by atoms with Crippen molar-refractivity contribution in [3.63, 3.8) is 0 Å². The Kier molecular flexibility index (Phi) is 7.49. The van der Waals surface area contributed by atoms with Crippen LogP contribution in [-0.4, -0.2) is 17.9 Å². The molecule has 2 rings (SSSR count). The molecular weight excluding hydrogens is 373 g/mol. The minimum Gasteiger partial charge on any atom is -0.459 e. The van der Waals surface area contributed by atoms with Crippen molar-refractivity contribution in [2.24, 2.45) is 5.92 Å². The summed E-state index contributed by atoms with van der Waals surface area (Å²) in [4.78, 5) is 24.9. The maximum absolute atomic E-state index is 12.5. The van der Waals surface area contributed by atoms with E-state index in [1.807, 2.05) is 19.9 Å². The monoisotopic (exact) mass is 393 g/mol. The van der Waals surface area contributed by atoms with E-state index in [1.165, 1.54) is 0 Å². The van der Waals surface area contributed by atoms with E-state index < -0.39 is 12.0 Å². The summed E-state index contributed by atoms with van der Waals surface area (Å²) in [6.45, 7) is 4.06. The third-order valence-corrected chi connectivity index (χ3v) is 4.16. The van der Waals surface area contributed by atoms with Crippen LogP contribution >= 0.6 is 23.2 Å². The van der Waals surface area contributed by atoms with Crippen LogP contribution in [0.1, 0.15) is 36.2 Å². The average molecular weight is 394 g/mol. The van der Waals surface area contributed by atoms with Gasteiger partial charge in [-0.25, -0.2) is 4.79 Å². The van der Waals surface area contributed by atoms with Crippen LogP contribution in [0.4, 0.5) is 0 Å². The lowest BCUT2D eigenvalue weighted by Gasteiger charge is -2.19. The zero-order valence-electron chi connectivity index (χ0n) is 14.7. The Balaban J connectivity index is 2.01. The molecule has 0 saturated carbocycles. The van der Waals surface area contributed by atoms with Crippen molar-refractivity contribution in [1.82, 2.24) is 5.32 Å². The van der Waals surface area contributed by atoms with Crippen molar-refractivity contribution < 1.29 is 14.3 Å². The largest absolute Gasteiger partial charge is 0.459 e.